The van der Waals surface area contributed by atoms with E-state index >= 15 is 0 Å². The van der Waals surface area contributed by atoms with E-state index in [2.05, 4.69) is 9.97 Å². The molecule has 0 unspecified atom stereocenters. The predicted octanol–water partition coefficient (Wildman–Crippen LogP) is 3.66. The average molecular weight is 245 g/mol. The van der Waals surface area contributed by atoms with Crippen LogP contribution in [-0.4, -0.2) is 16.2 Å². The Labute approximate surface area is 95.6 Å². The van der Waals surface area contributed by atoms with Crippen molar-refractivity contribution in [2.75, 3.05) is 6.26 Å². The first-order chi connectivity index (χ1) is 6.70. The molecule has 0 saturated heterocycles. The van der Waals surface area contributed by atoms with Crippen molar-refractivity contribution in [3.63, 3.8) is 0 Å². The standard InChI is InChI=1S/C9H6Cl2N2S/c1-14-5-2-3-6-7(4-5)13-9(11)8(10)12-6/h2-4H,1H3. The highest BCUT2D eigenvalue weighted by Gasteiger charge is 2.04. The van der Waals surface area contributed by atoms with Gasteiger partial charge in [-0.25, -0.2) is 9.97 Å². The van der Waals surface area contributed by atoms with Crippen molar-refractivity contribution in [1.29, 1.82) is 0 Å². The van der Waals surface area contributed by atoms with Crippen LogP contribution in [0.3, 0.4) is 0 Å². The molecule has 0 radical (unpaired) electrons. The van der Waals surface area contributed by atoms with Crippen LogP contribution in [0.1, 0.15) is 0 Å². The molecule has 0 amide bonds. The maximum atomic E-state index is 5.77. The average Bonchev–Trinajstić information content (AvgIpc) is 2.19. The molecule has 0 atom stereocenters. The molecular formula is C9H6Cl2N2S. The largest absolute Gasteiger partial charge is 0.231 e. The Balaban J connectivity index is 2.70. The Hall–Kier alpha value is -0.510. The Kier molecular flexibility index (Phi) is 2.81. The van der Waals surface area contributed by atoms with Crippen molar-refractivity contribution in [2.45, 2.75) is 4.90 Å². The van der Waals surface area contributed by atoms with Gasteiger partial charge in [0.2, 0.25) is 0 Å². The van der Waals surface area contributed by atoms with E-state index in [0.717, 1.165) is 15.9 Å². The summed E-state index contributed by atoms with van der Waals surface area (Å²) in [7, 11) is 0. The van der Waals surface area contributed by atoms with Gasteiger partial charge in [0.15, 0.2) is 10.3 Å². The van der Waals surface area contributed by atoms with Gasteiger partial charge >= 0.3 is 0 Å². The molecule has 2 nitrogen and oxygen atoms in total. The van der Waals surface area contributed by atoms with Gasteiger partial charge in [-0.05, 0) is 24.5 Å². The third-order valence-corrected chi connectivity index (χ3v) is 3.14. The van der Waals surface area contributed by atoms with Gasteiger partial charge in [-0.15, -0.1) is 11.8 Å². The summed E-state index contributed by atoms with van der Waals surface area (Å²) in [5.41, 5.74) is 1.53. The molecule has 0 fully saturated rings. The van der Waals surface area contributed by atoms with E-state index in [1.54, 1.807) is 11.8 Å². The van der Waals surface area contributed by atoms with Crippen molar-refractivity contribution < 1.29 is 0 Å². The number of nitrogens with zero attached hydrogens (tertiary/aromatic N) is 2. The first-order valence-corrected chi connectivity index (χ1v) is 5.85. The zero-order chi connectivity index (χ0) is 10.1. The molecule has 2 aromatic rings. The lowest BCUT2D eigenvalue weighted by Crippen LogP contribution is -1.86. The maximum Gasteiger partial charge on any atom is 0.167 e. The molecule has 1 aromatic heterocycles. The van der Waals surface area contributed by atoms with Gasteiger partial charge in [-0.1, -0.05) is 23.2 Å². The second kappa shape index (κ2) is 3.93. The molecule has 1 aromatic carbocycles. The van der Waals surface area contributed by atoms with Gasteiger partial charge in [-0.3, -0.25) is 0 Å². The summed E-state index contributed by atoms with van der Waals surface area (Å²) in [4.78, 5) is 9.38. The van der Waals surface area contributed by atoms with E-state index in [4.69, 9.17) is 23.2 Å². The van der Waals surface area contributed by atoms with Crippen LogP contribution in [-0.2, 0) is 0 Å². The van der Waals surface area contributed by atoms with Gasteiger partial charge in [-0.2, -0.15) is 0 Å². The Morgan fingerprint density at radius 2 is 1.71 bits per heavy atom. The molecule has 2 rings (SSSR count). The first kappa shape index (κ1) is 10.0. The Bertz CT molecular complexity index is 487. The van der Waals surface area contributed by atoms with Crippen LogP contribution in [0, 0.1) is 0 Å². The monoisotopic (exact) mass is 244 g/mol. The number of benzene rings is 1. The molecule has 72 valence electrons. The highest BCUT2D eigenvalue weighted by atomic mass is 35.5. The Morgan fingerprint density at radius 1 is 1.07 bits per heavy atom. The third kappa shape index (κ3) is 1.80. The van der Waals surface area contributed by atoms with E-state index < -0.39 is 0 Å². The van der Waals surface area contributed by atoms with Crippen LogP contribution >= 0.6 is 35.0 Å². The summed E-state index contributed by atoms with van der Waals surface area (Å²) in [5, 5.41) is 0.494. The van der Waals surface area contributed by atoms with Gasteiger partial charge in [0.25, 0.3) is 0 Å². The molecule has 5 heteroatoms. The molecule has 0 N–H and O–H groups in total. The predicted molar refractivity (Wildman–Crippen MR) is 61.3 cm³/mol. The minimum absolute atomic E-state index is 0.246. The number of rotatable bonds is 1. The molecular weight excluding hydrogens is 239 g/mol. The maximum absolute atomic E-state index is 5.77. The lowest BCUT2D eigenvalue weighted by molar-refractivity contribution is 1.28. The molecule has 0 bridgehead atoms. The van der Waals surface area contributed by atoms with Gasteiger partial charge < -0.3 is 0 Å². The quantitative estimate of drug-likeness (QED) is 0.717. The van der Waals surface area contributed by atoms with Gasteiger partial charge in [0, 0.05) is 4.90 Å². The SMILES string of the molecule is CSc1ccc2nc(Cl)c(Cl)nc2c1. The van der Waals surface area contributed by atoms with E-state index in [1.807, 2.05) is 24.5 Å². The lowest BCUT2D eigenvalue weighted by atomic mass is 10.3. The van der Waals surface area contributed by atoms with E-state index in [0.29, 0.717) is 0 Å². The van der Waals surface area contributed by atoms with E-state index in [1.165, 1.54) is 0 Å². The normalized spacial score (nSPS) is 10.8. The molecule has 0 saturated carbocycles. The van der Waals surface area contributed by atoms with Crippen LogP contribution in [0.25, 0.3) is 11.0 Å². The lowest BCUT2D eigenvalue weighted by Gasteiger charge is -2.01. The summed E-state index contributed by atoms with van der Waals surface area (Å²) in [6.45, 7) is 0. The molecule has 0 aliphatic carbocycles. The van der Waals surface area contributed by atoms with Crippen LogP contribution < -0.4 is 0 Å². The number of thioether (sulfide) groups is 1. The van der Waals surface area contributed by atoms with E-state index in [-0.39, 0.29) is 10.3 Å². The summed E-state index contributed by atoms with van der Waals surface area (Å²) >= 11 is 13.2. The van der Waals surface area contributed by atoms with Gasteiger partial charge in [0.05, 0.1) is 11.0 Å². The van der Waals surface area contributed by atoms with Crippen molar-refractivity contribution in [1.82, 2.24) is 9.97 Å². The molecule has 0 spiro atoms. The Morgan fingerprint density at radius 3 is 2.36 bits per heavy atom. The summed E-state index contributed by atoms with van der Waals surface area (Å²) < 4.78 is 0. The van der Waals surface area contributed by atoms with Gasteiger partial charge in [0.1, 0.15) is 0 Å². The summed E-state index contributed by atoms with van der Waals surface area (Å²) in [6.07, 6.45) is 2.01. The fraction of sp³-hybridized carbons (Fsp3) is 0.111. The molecule has 1 heterocycles. The number of hydrogen-bond acceptors (Lipinski definition) is 3. The minimum atomic E-state index is 0.246. The molecule has 14 heavy (non-hydrogen) atoms. The van der Waals surface area contributed by atoms with Crippen LogP contribution in [0.2, 0.25) is 10.3 Å². The van der Waals surface area contributed by atoms with Crippen molar-refractivity contribution in [3.05, 3.63) is 28.5 Å². The second-order valence-corrected chi connectivity index (χ2v) is 4.26. The van der Waals surface area contributed by atoms with E-state index in [9.17, 15) is 0 Å². The second-order valence-electron chi connectivity index (χ2n) is 2.66. The highest BCUT2D eigenvalue weighted by molar-refractivity contribution is 7.98. The summed E-state index contributed by atoms with van der Waals surface area (Å²) in [6, 6.07) is 5.80. The van der Waals surface area contributed by atoms with Crippen LogP contribution in [0.4, 0.5) is 0 Å². The number of hydrogen-bond donors (Lipinski definition) is 0. The van der Waals surface area contributed by atoms with Crippen LogP contribution in [0.5, 0.6) is 0 Å². The highest BCUT2D eigenvalue weighted by Crippen LogP contribution is 2.24. The number of aromatic nitrogens is 2. The smallest absolute Gasteiger partial charge is 0.167 e. The minimum Gasteiger partial charge on any atom is -0.231 e. The first-order valence-electron chi connectivity index (χ1n) is 3.87. The molecule has 0 aliphatic rings. The topological polar surface area (TPSA) is 25.8 Å². The van der Waals surface area contributed by atoms with Crippen molar-refractivity contribution >= 4 is 46.0 Å². The third-order valence-electron chi connectivity index (χ3n) is 1.79. The number of halogens is 2. The number of fused-ring (bicyclic) bond motifs is 1. The van der Waals surface area contributed by atoms with Crippen molar-refractivity contribution in [2.24, 2.45) is 0 Å². The zero-order valence-electron chi connectivity index (χ0n) is 7.29. The fourth-order valence-electron chi connectivity index (χ4n) is 1.12. The van der Waals surface area contributed by atoms with Crippen LogP contribution in [0.15, 0.2) is 23.1 Å². The zero-order valence-corrected chi connectivity index (χ0v) is 9.62. The van der Waals surface area contributed by atoms with Crippen molar-refractivity contribution in [3.8, 4) is 0 Å². The summed E-state index contributed by atoms with van der Waals surface area (Å²) in [5.74, 6) is 0. The molecule has 0 aliphatic heterocycles. The fourth-order valence-corrected chi connectivity index (χ4v) is 1.82.